The zero-order valence-electron chi connectivity index (χ0n) is 37.5. The van der Waals surface area contributed by atoms with Crippen LogP contribution in [-0.2, 0) is 38.2 Å². The van der Waals surface area contributed by atoms with Gasteiger partial charge in [-0.1, -0.05) is 25.3 Å². The summed E-state index contributed by atoms with van der Waals surface area (Å²) in [5.74, 6) is -1.98. The van der Waals surface area contributed by atoms with Crippen molar-refractivity contribution in [3.63, 3.8) is 0 Å². The molecule has 0 fully saturated rings. The average molecular weight is 875 g/mol. The van der Waals surface area contributed by atoms with Gasteiger partial charge in [-0.15, -0.1) is 0 Å². The molecule has 6 N–H and O–H groups in total. The highest BCUT2D eigenvalue weighted by Gasteiger charge is 2.23. The van der Waals surface area contributed by atoms with Crippen LogP contribution in [0.2, 0.25) is 0 Å². The van der Waals surface area contributed by atoms with E-state index in [1.807, 2.05) is 58.0 Å². The second kappa shape index (κ2) is 22.3. The number of hydrogen-bond acceptors (Lipinski definition) is 10. The minimum atomic E-state index is -0.471. The highest BCUT2D eigenvalue weighted by molar-refractivity contribution is 5.97. The standard InChI is InChI=1S/C48H58N8O8/c1-9-31-27(3)35-23-36-29(5)33(11-13-43(57)49-19-21-51-45(59)15-17-47(61)63-7)41(55-36)26-42-34(12-14-44(58)50-20-22-52-46(60)16-18-48(62)64-8)30(6)38(56-42)25-40-32(10-2)28(4)37(54-40)24-39(31)53-35/h9-10,23-26,53-54H,1-2,11-22H2,3-8H3,(H,49,57)(H,50,58)(H,51,59)(H,52,60). The van der Waals surface area contributed by atoms with Gasteiger partial charge in [-0.25, -0.2) is 9.97 Å². The summed E-state index contributed by atoms with van der Waals surface area (Å²) >= 11 is 0. The fourth-order valence-electron chi connectivity index (χ4n) is 7.58. The van der Waals surface area contributed by atoms with Gasteiger partial charge < -0.3 is 40.7 Å². The summed E-state index contributed by atoms with van der Waals surface area (Å²) in [6, 6.07) is 7.97. The van der Waals surface area contributed by atoms with Gasteiger partial charge in [-0.2, -0.15) is 0 Å². The van der Waals surface area contributed by atoms with Gasteiger partial charge in [0, 0.05) is 85.1 Å². The summed E-state index contributed by atoms with van der Waals surface area (Å²) < 4.78 is 9.16. The number of hydrogen-bond donors (Lipinski definition) is 6. The highest BCUT2D eigenvalue weighted by Crippen LogP contribution is 2.38. The summed E-state index contributed by atoms with van der Waals surface area (Å²) in [7, 11) is 2.53. The fraction of sp³-hybridized carbons (Fsp3) is 0.375. The van der Waals surface area contributed by atoms with E-state index in [1.54, 1.807) is 0 Å². The number of aryl methyl sites for hydroxylation is 2. The minimum Gasteiger partial charge on any atom is -0.469 e. The first-order chi connectivity index (χ1) is 30.7. The summed E-state index contributed by atoms with van der Waals surface area (Å²) in [5.41, 5.74) is 13.6. The van der Waals surface area contributed by atoms with Crippen molar-refractivity contribution in [1.29, 1.82) is 0 Å². The first-order valence-corrected chi connectivity index (χ1v) is 21.3. The number of carbonyl (C=O) groups is 6. The zero-order chi connectivity index (χ0) is 46.5. The lowest BCUT2D eigenvalue weighted by molar-refractivity contribution is -0.142. The van der Waals surface area contributed by atoms with Crippen LogP contribution in [0.4, 0.5) is 0 Å². The molecule has 0 atom stereocenters. The number of H-pyrrole nitrogens is 2. The van der Waals surface area contributed by atoms with Gasteiger partial charge in [0.2, 0.25) is 23.6 Å². The van der Waals surface area contributed by atoms with Crippen molar-refractivity contribution < 1.29 is 38.2 Å². The fourth-order valence-corrected chi connectivity index (χ4v) is 7.58. The highest BCUT2D eigenvalue weighted by atomic mass is 16.5. The lowest BCUT2D eigenvalue weighted by atomic mass is 9.98. The Morgan fingerprint density at radius 1 is 0.516 bits per heavy atom. The van der Waals surface area contributed by atoms with Crippen LogP contribution >= 0.6 is 0 Å². The predicted octanol–water partition coefficient (Wildman–Crippen LogP) is 6.01. The van der Waals surface area contributed by atoms with Crippen LogP contribution in [-0.4, -0.2) is 95.9 Å². The average Bonchev–Trinajstić information content (AvgIpc) is 3.95. The van der Waals surface area contributed by atoms with Crippen LogP contribution in [0.3, 0.4) is 0 Å². The van der Waals surface area contributed by atoms with Crippen LogP contribution in [0.5, 0.6) is 0 Å². The Morgan fingerprint density at radius 3 is 1.27 bits per heavy atom. The summed E-state index contributed by atoms with van der Waals surface area (Å²) in [6.45, 7) is 17.1. The van der Waals surface area contributed by atoms with Crippen molar-refractivity contribution in [1.82, 2.24) is 41.2 Å². The number of aromatic nitrogens is 4. The molecular weight excluding hydrogens is 817 g/mol. The van der Waals surface area contributed by atoms with E-state index in [4.69, 9.17) is 9.97 Å². The van der Waals surface area contributed by atoms with Crippen molar-refractivity contribution >= 4 is 92.1 Å². The molecule has 0 radical (unpaired) electrons. The molecule has 16 heteroatoms. The molecular formula is C48H58N8O8. The van der Waals surface area contributed by atoms with Crippen molar-refractivity contribution in [2.75, 3.05) is 40.4 Å². The number of rotatable bonds is 20. The van der Waals surface area contributed by atoms with E-state index >= 15 is 0 Å². The normalized spacial score (nSPS) is 12.1. The third-order valence-electron chi connectivity index (χ3n) is 11.4. The number of nitrogens with zero attached hydrogens (tertiary/aromatic N) is 2. The quantitative estimate of drug-likeness (QED) is 0.0573. The molecule has 0 saturated carbocycles. The molecule has 3 aromatic rings. The Bertz CT molecular complexity index is 2600. The maximum absolute atomic E-state index is 13.2. The van der Waals surface area contributed by atoms with Crippen molar-refractivity contribution in [2.45, 2.75) is 79.1 Å². The van der Waals surface area contributed by atoms with E-state index in [0.717, 1.165) is 72.3 Å². The third-order valence-corrected chi connectivity index (χ3v) is 11.4. The molecule has 0 aliphatic carbocycles. The number of aromatic amines is 2. The SMILES string of the molecule is C=Cc1c(C)c2cc3[nH]c(cc4nc(cc5nc(cc1[nH]2)C(C)=C5CCC(=O)NCCNC(=O)CCC(=O)OC)C(CCC(=O)NCCNC(=O)CCC(=O)OC)=C4C)c(C)c3C=C. The largest absolute Gasteiger partial charge is 0.469 e. The molecule has 0 unspecified atom stereocenters. The molecule has 3 aromatic heterocycles. The molecule has 0 saturated heterocycles. The Morgan fingerprint density at radius 2 is 0.875 bits per heavy atom. The minimum absolute atomic E-state index is 0.00366. The van der Waals surface area contributed by atoms with E-state index in [2.05, 4.69) is 59.9 Å². The van der Waals surface area contributed by atoms with Gasteiger partial charge >= 0.3 is 11.9 Å². The summed E-state index contributed by atoms with van der Waals surface area (Å²) in [4.78, 5) is 90.6. The second-order valence-corrected chi connectivity index (χ2v) is 15.5. The summed E-state index contributed by atoms with van der Waals surface area (Å²) in [5, 5.41) is 11.1. The molecule has 4 amide bonds. The number of esters is 2. The molecule has 0 aromatic carbocycles. The molecule has 0 spiro atoms. The van der Waals surface area contributed by atoms with Crippen LogP contribution in [0.15, 0.2) is 37.4 Å². The number of fused-ring (bicyclic) bond motifs is 8. The van der Waals surface area contributed by atoms with E-state index in [9.17, 15) is 28.8 Å². The zero-order valence-corrected chi connectivity index (χ0v) is 37.5. The lowest BCUT2D eigenvalue weighted by Crippen LogP contribution is -2.34. The number of nitrogens with one attached hydrogen (secondary N) is 6. The molecule has 5 heterocycles. The maximum Gasteiger partial charge on any atom is 0.306 e. The molecule has 5 rings (SSSR count). The number of allylic oxidation sites excluding steroid dienone is 4. The Labute approximate surface area is 372 Å². The van der Waals surface area contributed by atoms with Gasteiger partial charge in [-0.05, 0) is 98.2 Å². The lowest BCUT2D eigenvalue weighted by Gasteiger charge is -2.09. The van der Waals surface area contributed by atoms with Gasteiger partial charge in [0.25, 0.3) is 0 Å². The topological polar surface area (TPSA) is 226 Å². The molecule has 16 nitrogen and oxygen atoms in total. The molecule has 2 aliphatic heterocycles. The molecule has 338 valence electrons. The smallest absolute Gasteiger partial charge is 0.306 e. The van der Waals surface area contributed by atoms with E-state index in [1.165, 1.54) is 14.2 Å². The van der Waals surface area contributed by atoms with Crippen molar-refractivity contribution in [2.24, 2.45) is 0 Å². The van der Waals surface area contributed by atoms with E-state index in [-0.39, 0.29) is 88.3 Å². The second-order valence-electron chi connectivity index (χ2n) is 15.5. The van der Waals surface area contributed by atoms with Crippen LogP contribution in [0.25, 0.3) is 56.5 Å². The number of amides is 4. The first kappa shape index (κ1) is 47.9. The van der Waals surface area contributed by atoms with E-state index < -0.39 is 11.9 Å². The monoisotopic (exact) mass is 874 g/mol. The molecule has 8 bridgehead atoms. The van der Waals surface area contributed by atoms with Crippen LogP contribution in [0, 0.1) is 13.8 Å². The van der Waals surface area contributed by atoms with Crippen LogP contribution < -0.4 is 21.3 Å². The predicted molar refractivity (Wildman–Crippen MR) is 249 cm³/mol. The number of methoxy groups -OCH3 is 2. The van der Waals surface area contributed by atoms with Gasteiger partial charge in [0.15, 0.2) is 0 Å². The van der Waals surface area contributed by atoms with Crippen molar-refractivity contribution in [3.05, 3.63) is 82.5 Å². The van der Waals surface area contributed by atoms with Gasteiger partial charge in [-0.3, -0.25) is 28.8 Å². The summed E-state index contributed by atoms with van der Waals surface area (Å²) in [6.07, 6.45) is 4.61. The van der Waals surface area contributed by atoms with Gasteiger partial charge in [0.05, 0.1) is 49.8 Å². The number of carbonyl (C=O) groups excluding carboxylic acids is 6. The van der Waals surface area contributed by atoms with Gasteiger partial charge in [0.1, 0.15) is 0 Å². The number of ether oxygens (including phenoxy) is 2. The Balaban J connectivity index is 1.47. The maximum atomic E-state index is 13.2. The molecule has 2 aliphatic rings. The first-order valence-electron chi connectivity index (χ1n) is 21.3. The van der Waals surface area contributed by atoms with Crippen molar-refractivity contribution in [3.8, 4) is 0 Å². The molecule has 64 heavy (non-hydrogen) atoms. The Kier molecular flexibility index (Phi) is 16.7. The van der Waals surface area contributed by atoms with E-state index in [0.29, 0.717) is 29.9 Å². The van der Waals surface area contributed by atoms with Crippen LogP contribution in [0.1, 0.15) is 110 Å². The third kappa shape index (κ3) is 12.1. The Hall–Kier alpha value is -7.10.